The third-order valence-corrected chi connectivity index (χ3v) is 4.70. The summed E-state index contributed by atoms with van der Waals surface area (Å²) < 4.78 is 27.0. The Bertz CT molecular complexity index is 489. The summed E-state index contributed by atoms with van der Waals surface area (Å²) >= 11 is 0. The second-order valence-electron chi connectivity index (χ2n) is 7.24. The molecule has 0 bridgehead atoms. The van der Waals surface area contributed by atoms with Gasteiger partial charge in [-0.15, -0.1) is 0 Å². The molecule has 0 radical (unpaired) electrons. The molecule has 172 valence electrons. The van der Waals surface area contributed by atoms with Crippen LogP contribution in [-0.2, 0) is 25.4 Å². The Labute approximate surface area is 183 Å². The van der Waals surface area contributed by atoms with E-state index in [-0.39, 0.29) is 0 Å². The normalized spacial score (nSPS) is 10.8. The van der Waals surface area contributed by atoms with E-state index in [0.717, 1.165) is 12.2 Å². The van der Waals surface area contributed by atoms with Crippen LogP contribution in [0, 0.1) is 0 Å². The van der Waals surface area contributed by atoms with Crippen LogP contribution in [0.25, 0.3) is 0 Å². The Morgan fingerprint density at radius 3 is 1.80 bits per heavy atom. The van der Waals surface area contributed by atoms with E-state index in [9.17, 15) is 0 Å². The predicted molar refractivity (Wildman–Crippen MR) is 122 cm³/mol. The van der Waals surface area contributed by atoms with Crippen molar-refractivity contribution in [2.75, 3.05) is 52.9 Å². The lowest BCUT2D eigenvalue weighted by atomic mass is 10.0. The first kappa shape index (κ1) is 26.5. The average molecular weight is 423 g/mol. The molecule has 30 heavy (non-hydrogen) atoms. The standard InChI is InChI=1S/C25H42O5/c1-3-5-6-7-8-9-10-11-24-12-14-25(15-13-24)30-23-22-29-21-20-28-19-18-27-17-16-26-4-2/h4,12-15H,2-3,5-11,16-23H2,1H3. The van der Waals surface area contributed by atoms with Gasteiger partial charge in [0.1, 0.15) is 19.0 Å². The van der Waals surface area contributed by atoms with Crippen LogP contribution >= 0.6 is 0 Å². The predicted octanol–water partition coefficient (Wildman–Crippen LogP) is 5.57. The number of rotatable bonds is 22. The fourth-order valence-corrected chi connectivity index (χ4v) is 2.99. The van der Waals surface area contributed by atoms with Gasteiger partial charge < -0.3 is 23.7 Å². The van der Waals surface area contributed by atoms with E-state index in [1.54, 1.807) is 0 Å². The third kappa shape index (κ3) is 16.3. The van der Waals surface area contributed by atoms with E-state index < -0.39 is 0 Å². The van der Waals surface area contributed by atoms with Crippen molar-refractivity contribution < 1.29 is 23.7 Å². The van der Waals surface area contributed by atoms with E-state index >= 15 is 0 Å². The number of benzene rings is 1. The molecule has 1 aromatic rings. The summed E-state index contributed by atoms with van der Waals surface area (Å²) in [6.07, 6.45) is 12.0. The van der Waals surface area contributed by atoms with Gasteiger partial charge in [-0.25, -0.2) is 0 Å². The van der Waals surface area contributed by atoms with Crippen molar-refractivity contribution in [1.82, 2.24) is 0 Å². The molecule has 5 nitrogen and oxygen atoms in total. The maximum absolute atomic E-state index is 5.73. The molecule has 0 aliphatic carbocycles. The van der Waals surface area contributed by atoms with Gasteiger partial charge in [-0.2, -0.15) is 0 Å². The highest BCUT2D eigenvalue weighted by Crippen LogP contribution is 2.15. The minimum absolute atomic E-state index is 0.522. The van der Waals surface area contributed by atoms with Gasteiger partial charge in [-0.1, -0.05) is 64.2 Å². The zero-order valence-corrected chi connectivity index (χ0v) is 18.9. The molecule has 0 aromatic heterocycles. The Balaban J connectivity index is 1.90. The van der Waals surface area contributed by atoms with E-state index in [0.29, 0.717) is 52.9 Å². The summed E-state index contributed by atoms with van der Waals surface area (Å²) in [5.41, 5.74) is 1.39. The maximum Gasteiger partial charge on any atom is 0.119 e. The maximum atomic E-state index is 5.73. The smallest absolute Gasteiger partial charge is 0.119 e. The van der Waals surface area contributed by atoms with Crippen LogP contribution in [0.4, 0.5) is 0 Å². The van der Waals surface area contributed by atoms with Crippen LogP contribution in [0.5, 0.6) is 5.75 Å². The number of ether oxygens (including phenoxy) is 5. The molecule has 0 aliphatic rings. The van der Waals surface area contributed by atoms with Gasteiger partial charge in [0.15, 0.2) is 0 Å². The Kier molecular flexibility index (Phi) is 18.3. The van der Waals surface area contributed by atoms with Crippen molar-refractivity contribution in [3.63, 3.8) is 0 Å². The van der Waals surface area contributed by atoms with E-state index in [1.165, 1.54) is 56.8 Å². The Morgan fingerprint density at radius 2 is 1.20 bits per heavy atom. The summed E-state index contributed by atoms with van der Waals surface area (Å²) in [6, 6.07) is 8.46. The third-order valence-electron chi connectivity index (χ3n) is 4.70. The summed E-state index contributed by atoms with van der Waals surface area (Å²) in [5.74, 6) is 0.899. The van der Waals surface area contributed by atoms with Crippen LogP contribution in [0.2, 0.25) is 0 Å². The lowest BCUT2D eigenvalue weighted by Crippen LogP contribution is -2.13. The average Bonchev–Trinajstić information content (AvgIpc) is 2.77. The molecule has 5 heteroatoms. The molecule has 0 N–H and O–H groups in total. The molecule has 0 spiro atoms. The van der Waals surface area contributed by atoms with Crippen molar-refractivity contribution in [3.05, 3.63) is 42.7 Å². The number of unbranched alkanes of at least 4 members (excludes halogenated alkanes) is 6. The first-order chi connectivity index (χ1) is 14.9. The van der Waals surface area contributed by atoms with Gasteiger partial charge in [0.2, 0.25) is 0 Å². The zero-order valence-electron chi connectivity index (χ0n) is 18.9. The highest BCUT2D eigenvalue weighted by atomic mass is 16.6. The molecule has 0 unspecified atom stereocenters. The lowest BCUT2D eigenvalue weighted by molar-refractivity contribution is 0.00265. The van der Waals surface area contributed by atoms with E-state index in [2.05, 4.69) is 37.8 Å². The van der Waals surface area contributed by atoms with Gasteiger partial charge >= 0.3 is 0 Å². The molecule has 1 rings (SSSR count). The van der Waals surface area contributed by atoms with Gasteiger partial charge in [0.25, 0.3) is 0 Å². The van der Waals surface area contributed by atoms with Gasteiger partial charge in [-0.05, 0) is 30.5 Å². The second kappa shape index (κ2) is 20.7. The highest BCUT2D eigenvalue weighted by Gasteiger charge is 1.98. The fourth-order valence-electron chi connectivity index (χ4n) is 2.99. The van der Waals surface area contributed by atoms with Crippen molar-refractivity contribution in [1.29, 1.82) is 0 Å². The number of hydrogen-bond acceptors (Lipinski definition) is 5. The van der Waals surface area contributed by atoms with Crippen LogP contribution < -0.4 is 4.74 Å². The fraction of sp³-hybridized carbons (Fsp3) is 0.680. The molecule has 0 fully saturated rings. The molecule has 0 aliphatic heterocycles. The minimum atomic E-state index is 0.522. The van der Waals surface area contributed by atoms with Gasteiger partial charge in [0, 0.05) is 0 Å². The summed E-state index contributed by atoms with van der Waals surface area (Å²) in [4.78, 5) is 0. The largest absolute Gasteiger partial charge is 0.499 e. The SMILES string of the molecule is C=COCCOCCOCCOCCOc1ccc(CCCCCCCCC)cc1. The van der Waals surface area contributed by atoms with Crippen molar-refractivity contribution in [2.24, 2.45) is 0 Å². The molecule has 0 saturated carbocycles. The summed E-state index contributed by atoms with van der Waals surface area (Å²) in [6.45, 7) is 10.1. The van der Waals surface area contributed by atoms with Crippen LogP contribution in [0.3, 0.4) is 0 Å². The highest BCUT2D eigenvalue weighted by molar-refractivity contribution is 5.27. The lowest BCUT2D eigenvalue weighted by Gasteiger charge is -2.09. The van der Waals surface area contributed by atoms with Gasteiger partial charge in [0.05, 0.1) is 45.9 Å². The number of hydrogen-bond donors (Lipinski definition) is 0. The molecule has 0 heterocycles. The first-order valence-electron chi connectivity index (χ1n) is 11.5. The number of aryl methyl sites for hydroxylation is 1. The molecule has 0 saturated heterocycles. The molecule has 1 aromatic carbocycles. The molecule has 0 amide bonds. The van der Waals surface area contributed by atoms with Crippen LogP contribution in [0.15, 0.2) is 37.1 Å². The first-order valence-corrected chi connectivity index (χ1v) is 11.5. The molecular weight excluding hydrogens is 380 g/mol. The summed E-state index contributed by atoms with van der Waals surface area (Å²) in [7, 11) is 0. The van der Waals surface area contributed by atoms with Crippen molar-refractivity contribution in [2.45, 2.75) is 58.3 Å². The topological polar surface area (TPSA) is 46.2 Å². The Hall–Kier alpha value is -1.56. The monoisotopic (exact) mass is 422 g/mol. The minimum Gasteiger partial charge on any atom is -0.499 e. The van der Waals surface area contributed by atoms with E-state index in [1.807, 2.05) is 0 Å². The zero-order chi connectivity index (χ0) is 21.5. The summed E-state index contributed by atoms with van der Waals surface area (Å²) in [5, 5.41) is 0. The van der Waals surface area contributed by atoms with E-state index in [4.69, 9.17) is 23.7 Å². The Morgan fingerprint density at radius 1 is 0.667 bits per heavy atom. The van der Waals surface area contributed by atoms with Crippen LogP contribution in [-0.4, -0.2) is 52.9 Å². The van der Waals surface area contributed by atoms with Crippen LogP contribution in [0.1, 0.15) is 57.4 Å². The van der Waals surface area contributed by atoms with Crippen molar-refractivity contribution >= 4 is 0 Å². The van der Waals surface area contributed by atoms with Crippen molar-refractivity contribution in [3.8, 4) is 5.75 Å². The quantitative estimate of drug-likeness (QED) is 0.181. The molecule has 0 atom stereocenters. The van der Waals surface area contributed by atoms with Gasteiger partial charge in [-0.3, -0.25) is 0 Å². The second-order valence-corrected chi connectivity index (χ2v) is 7.24. The molecular formula is C25H42O5.